The molecule has 24 heavy (non-hydrogen) atoms. The first-order valence-corrected chi connectivity index (χ1v) is 9.22. The normalized spacial score (nSPS) is 17.2. The SMILES string of the molecule is O=S(=O)(c1cccnc1)N1CCN(c2ncc(C(F)(F)F)s2)CC1. The number of nitrogens with zero attached hydrogens (tertiary/aromatic N) is 4. The zero-order chi connectivity index (χ0) is 17.4. The van der Waals surface area contributed by atoms with Crippen LogP contribution in [0.3, 0.4) is 0 Å². The fourth-order valence-corrected chi connectivity index (χ4v) is 4.53. The lowest BCUT2D eigenvalue weighted by molar-refractivity contribution is -0.134. The lowest BCUT2D eigenvalue weighted by Crippen LogP contribution is -2.48. The highest BCUT2D eigenvalue weighted by atomic mass is 32.2. The number of alkyl halides is 3. The van der Waals surface area contributed by atoms with Gasteiger partial charge in [0.15, 0.2) is 5.13 Å². The van der Waals surface area contributed by atoms with Crippen molar-refractivity contribution in [1.29, 1.82) is 0 Å². The van der Waals surface area contributed by atoms with Crippen molar-refractivity contribution >= 4 is 26.5 Å². The molecule has 0 aliphatic carbocycles. The molecule has 0 spiro atoms. The number of thiazole rings is 1. The summed E-state index contributed by atoms with van der Waals surface area (Å²) in [5, 5.41) is 0.251. The lowest BCUT2D eigenvalue weighted by Gasteiger charge is -2.33. The van der Waals surface area contributed by atoms with Crippen molar-refractivity contribution in [3.63, 3.8) is 0 Å². The minimum Gasteiger partial charge on any atom is -0.345 e. The molecule has 0 atom stereocenters. The maximum absolute atomic E-state index is 12.6. The van der Waals surface area contributed by atoms with E-state index in [2.05, 4.69) is 9.97 Å². The van der Waals surface area contributed by atoms with E-state index in [-0.39, 0.29) is 36.2 Å². The Morgan fingerprint density at radius 1 is 1.12 bits per heavy atom. The summed E-state index contributed by atoms with van der Waals surface area (Å²) in [4.78, 5) is 8.61. The molecule has 2 aromatic rings. The van der Waals surface area contributed by atoms with Crippen molar-refractivity contribution in [2.45, 2.75) is 11.1 Å². The summed E-state index contributed by atoms with van der Waals surface area (Å²) in [6.45, 7) is 0.922. The highest BCUT2D eigenvalue weighted by Crippen LogP contribution is 2.36. The Balaban J connectivity index is 1.69. The summed E-state index contributed by atoms with van der Waals surface area (Å²) < 4.78 is 64.1. The second-order valence-electron chi connectivity index (χ2n) is 5.08. The van der Waals surface area contributed by atoms with Crippen LogP contribution < -0.4 is 4.90 Å². The predicted octanol–water partition coefficient (Wildman–Crippen LogP) is 2.07. The molecule has 3 heterocycles. The molecule has 0 bridgehead atoms. The van der Waals surface area contributed by atoms with Crippen LogP contribution in [0.5, 0.6) is 0 Å². The molecule has 6 nitrogen and oxygen atoms in total. The first-order valence-electron chi connectivity index (χ1n) is 6.96. The van der Waals surface area contributed by atoms with Crippen molar-refractivity contribution in [3.05, 3.63) is 35.6 Å². The summed E-state index contributed by atoms with van der Waals surface area (Å²) in [5.74, 6) is 0. The smallest absolute Gasteiger partial charge is 0.345 e. The quantitative estimate of drug-likeness (QED) is 0.818. The molecule has 1 aliphatic rings. The molecular weight excluding hydrogens is 365 g/mol. The van der Waals surface area contributed by atoms with Crippen LogP contribution in [0.25, 0.3) is 0 Å². The van der Waals surface area contributed by atoms with Crippen LogP contribution >= 0.6 is 11.3 Å². The molecule has 0 unspecified atom stereocenters. The number of anilines is 1. The Labute approximate surface area is 140 Å². The molecule has 1 fully saturated rings. The molecule has 0 amide bonds. The summed E-state index contributed by atoms with van der Waals surface area (Å²) >= 11 is 0.563. The van der Waals surface area contributed by atoms with Crippen molar-refractivity contribution in [3.8, 4) is 0 Å². The van der Waals surface area contributed by atoms with Gasteiger partial charge in [-0.1, -0.05) is 11.3 Å². The summed E-state index contributed by atoms with van der Waals surface area (Å²) in [5.41, 5.74) is 0. The van der Waals surface area contributed by atoms with Gasteiger partial charge in [0.2, 0.25) is 10.0 Å². The van der Waals surface area contributed by atoms with Gasteiger partial charge in [0, 0.05) is 38.6 Å². The van der Waals surface area contributed by atoms with E-state index in [1.807, 2.05) is 0 Å². The van der Waals surface area contributed by atoms with E-state index >= 15 is 0 Å². The molecule has 1 aliphatic heterocycles. The number of halogens is 3. The van der Waals surface area contributed by atoms with Gasteiger partial charge in [-0.05, 0) is 12.1 Å². The topological polar surface area (TPSA) is 66.4 Å². The van der Waals surface area contributed by atoms with Gasteiger partial charge in [0.25, 0.3) is 0 Å². The van der Waals surface area contributed by atoms with Gasteiger partial charge in [0.05, 0.1) is 6.20 Å². The van der Waals surface area contributed by atoms with Crippen molar-refractivity contribution < 1.29 is 21.6 Å². The minimum absolute atomic E-state index is 0.104. The second kappa shape index (κ2) is 6.30. The molecule has 130 valence electrons. The second-order valence-corrected chi connectivity index (χ2v) is 8.03. The third kappa shape index (κ3) is 3.37. The van der Waals surface area contributed by atoms with Crippen LogP contribution in [0.15, 0.2) is 35.6 Å². The van der Waals surface area contributed by atoms with Gasteiger partial charge in [-0.15, -0.1) is 0 Å². The average Bonchev–Trinajstić information content (AvgIpc) is 3.06. The third-order valence-electron chi connectivity index (χ3n) is 3.55. The van der Waals surface area contributed by atoms with Crippen LogP contribution in [-0.2, 0) is 16.2 Å². The zero-order valence-corrected chi connectivity index (χ0v) is 13.9. The monoisotopic (exact) mass is 378 g/mol. The van der Waals surface area contributed by atoms with Gasteiger partial charge in [-0.3, -0.25) is 4.98 Å². The van der Waals surface area contributed by atoms with Crippen LogP contribution in [0.4, 0.5) is 18.3 Å². The van der Waals surface area contributed by atoms with Crippen LogP contribution in [0.1, 0.15) is 4.88 Å². The summed E-state index contributed by atoms with van der Waals surface area (Å²) in [7, 11) is -3.64. The van der Waals surface area contributed by atoms with Crippen molar-refractivity contribution in [2.75, 3.05) is 31.1 Å². The molecule has 0 saturated carbocycles. The number of hydrogen-bond acceptors (Lipinski definition) is 6. The first kappa shape index (κ1) is 17.1. The predicted molar refractivity (Wildman–Crippen MR) is 82.3 cm³/mol. The summed E-state index contributed by atoms with van der Waals surface area (Å²) in [6, 6.07) is 3.00. The number of sulfonamides is 1. The van der Waals surface area contributed by atoms with E-state index < -0.39 is 21.1 Å². The highest BCUT2D eigenvalue weighted by molar-refractivity contribution is 7.89. The zero-order valence-electron chi connectivity index (χ0n) is 12.3. The van der Waals surface area contributed by atoms with Gasteiger partial charge in [-0.25, -0.2) is 13.4 Å². The Morgan fingerprint density at radius 3 is 2.38 bits per heavy atom. The molecular formula is C13H13F3N4O2S2. The van der Waals surface area contributed by atoms with Gasteiger partial charge in [-0.2, -0.15) is 17.5 Å². The van der Waals surface area contributed by atoms with Gasteiger partial charge in [0.1, 0.15) is 9.77 Å². The Kier molecular flexibility index (Phi) is 4.49. The van der Waals surface area contributed by atoms with E-state index in [0.29, 0.717) is 11.3 Å². The fourth-order valence-electron chi connectivity index (χ4n) is 2.31. The fraction of sp³-hybridized carbons (Fsp3) is 0.385. The van der Waals surface area contributed by atoms with E-state index in [9.17, 15) is 21.6 Å². The van der Waals surface area contributed by atoms with Crippen molar-refractivity contribution in [2.24, 2.45) is 0 Å². The lowest BCUT2D eigenvalue weighted by atomic mass is 10.4. The number of aromatic nitrogens is 2. The molecule has 3 rings (SSSR count). The number of hydrogen-bond donors (Lipinski definition) is 0. The summed E-state index contributed by atoms with van der Waals surface area (Å²) in [6.07, 6.45) is -0.851. The molecule has 1 saturated heterocycles. The maximum atomic E-state index is 12.6. The van der Waals surface area contributed by atoms with Crippen molar-refractivity contribution in [1.82, 2.24) is 14.3 Å². The number of pyridine rings is 1. The molecule has 11 heteroatoms. The van der Waals surface area contributed by atoms with Gasteiger partial charge < -0.3 is 4.90 Å². The Hall–Kier alpha value is -1.72. The molecule has 0 aromatic carbocycles. The van der Waals surface area contributed by atoms with Crippen LogP contribution in [0, 0.1) is 0 Å². The van der Waals surface area contributed by atoms with Crippen LogP contribution in [-0.4, -0.2) is 48.9 Å². The largest absolute Gasteiger partial charge is 0.427 e. The van der Waals surface area contributed by atoms with Gasteiger partial charge >= 0.3 is 6.18 Å². The van der Waals surface area contributed by atoms with E-state index in [1.54, 1.807) is 4.90 Å². The average molecular weight is 378 g/mol. The number of piperazine rings is 1. The molecule has 2 aromatic heterocycles. The molecule has 0 N–H and O–H groups in total. The highest BCUT2D eigenvalue weighted by Gasteiger charge is 2.35. The van der Waals surface area contributed by atoms with E-state index in [1.165, 1.54) is 28.8 Å². The maximum Gasteiger partial charge on any atom is 0.427 e. The van der Waals surface area contributed by atoms with Crippen LogP contribution in [0.2, 0.25) is 0 Å². The van der Waals surface area contributed by atoms with E-state index in [4.69, 9.17) is 0 Å². The number of rotatable bonds is 3. The Morgan fingerprint density at radius 2 is 1.83 bits per heavy atom. The molecule has 0 radical (unpaired) electrons. The first-order chi connectivity index (χ1) is 11.3. The minimum atomic E-state index is -4.42. The standard InChI is InChI=1S/C13H13F3N4O2S2/c14-13(15,16)11-9-18-12(23-11)19-4-6-20(7-5-19)24(21,22)10-2-1-3-17-8-10/h1-3,8-9H,4-7H2. The third-order valence-corrected chi connectivity index (χ3v) is 6.54. The Bertz CT molecular complexity index is 800. The van der Waals surface area contributed by atoms with E-state index in [0.717, 1.165) is 6.20 Å².